The van der Waals surface area contributed by atoms with Crippen molar-refractivity contribution in [2.24, 2.45) is 0 Å². The number of piperidine rings is 1. The minimum atomic E-state index is -1.31. The molecule has 3 rings (SSSR count). The molecule has 1 saturated heterocycles. The van der Waals surface area contributed by atoms with Crippen molar-refractivity contribution in [2.45, 2.75) is 25.6 Å². The summed E-state index contributed by atoms with van der Waals surface area (Å²) in [4.78, 5) is 33.0. The number of carbonyl (C=O) groups excluding carboxylic acids is 2. The van der Waals surface area contributed by atoms with E-state index in [0.717, 1.165) is 11.3 Å². The Morgan fingerprint density at radius 2 is 2.19 bits per heavy atom. The molecule has 3 heterocycles. The first kappa shape index (κ1) is 19.9. The van der Waals surface area contributed by atoms with Gasteiger partial charge in [-0.3, -0.25) is 4.79 Å². The first-order chi connectivity index (χ1) is 12.8. The predicted molar refractivity (Wildman–Crippen MR) is 102 cm³/mol. The van der Waals surface area contributed by atoms with Crippen LogP contribution in [0.5, 0.6) is 0 Å². The molecule has 1 amide bonds. The highest BCUT2D eigenvalue weighted by atomic mass is 35.5. The summed E-state index contributed by atoms with van der Waals surface area (Å²) in [5.41, 5.74) is 0.694. The van der Waals surface area contributed by atoms with Gasteiger partial charge >= 0.3 is 5.97 Å². The van der Waals surface area contributed by atoms with Crippen LogP contribution in [0.2, 0.25) is 10.0 Å². The summed E-state index contributed by atoms with van der Waals surface area (Å²) in [7, 11) is 1.29. The number of nitrogens with one attached hydrogen (secondary N) is 2. The largest absolute Gasteiger partial charge is 0.465 e. The smallest absolute Gasteiger partial charge is 0.349 e. The number of ether oxygens (including phenoxy) is 1. The van der Waals surface area contributed by atoms with Crippen molar-refractivity contribution in [3.63, 3.8) is 0 Å². The number of alkyl halides is 1. The molecule has 11 heteroatoms. The Bertz CT molecular complexity index is 872. The van der Waals surface area contributed by atoms with Crippen LogP contribution in [0.1, 0.15) is 32.3 Å². The van der Waals surface area contributed by atoms with Gasteiger partial charge < -0.3 is 19.9 Å². The topological polar surface area (TPSA) is 87.3 Å². The molecule has 0 aliphatic carbocycles. The van der Waals surface area contributed by atoms with Crippen molar-refractivity contribution in [3.8, 4) is 0 Å². The Morgan fingerprint density at radius 3 is 2.78 bits per heavy atom. The van der Waals surface area contributed by atoms with E-state index in [1.807, 2.05) is 0 Å². The van der Waals surface area contributed by atoms with E-state index in [1.165, 1.54) is 13.3 Å². The first-order valence-corrected chi connectivity index (χ1v) is 9.66. The van der Waals surface area contributed by atoms with Gasteiger partial charge in [-0.1, -0.05) is 34.5 Å². The summed E-state index contributed by atoms with van der Waals surface area (Å²) in [6.45, 7) is 2.23. The lowest BCUT2D eigenvalue weighted by Crippen LogP contribution is -2.52. The summed E-state index contributed by atoms with van der Waals surface area (Å²) in [5, 5.41) is 3.60. The average molecular weight is 435 g/mol. The molecule has 0 spiro atoms. The van der Waals surface area contributed by atoms with Crippen molar-refractivity contribution in [1.82, 2.24) is 15.3 Å². The van der Waals surface area contributed by atoms with Crippen LogP contribution >= 0.6 is 34.5 Å². The van der Waals surface area contributed by atoms with Crippen LogP contribution in [0.25, 0.3) is 0 Å². The van der Waals surface area contributed by atoms with E-state index < -0.39 is 24.1 Å². The van der Waals surface area contributed by atoms with Crippen LogP contribution in [0.3, 0.4) is 0 Å². The van der Waals surface area contributed by atoms with E-state index >= 15 is 0 Å². The van der Waals surface area contributed by atoms with E-state index in [9.17, 15) is 14.0 Å². The Kier molecular flexibility index (Phi) is 5.92. The number of nitrogens with zero attached hydrogens (tertiary/aromatic N) is 2. The van der Waals surface area contributed by atoms with E-state index in [0.29, 0.717) is 28.7 Å². The second-order valence-electron chi connectivity index (χ2n) is 6.08. The van der Waals surface area contributed by atoms with Crippen molar-refractivity contribution in [3.05, 3.63) is 32.5 Å². The summed E-state index contributed by atoms with van der Waals surface area (Å²) >= 11 is 13.1. The van der Waals surface area contributed by atoms with Crippen LogP contribution < -0.4 is 10.2 Å². The Labute approximate surface area is 168 Å². The predicted octanol–water partition coefficient (Wildman–Crippen LogP) is 3.22. The van der Waals surface area contributed by atoms with Gasteiger partial charge in [-0.15, -0.1) is 0 Å². The highest BCUT2D eigenvalue weighted by Gasteiger charge is 2.33. The molecule has 7 nitrogen and oxygen atoms in total. The van der Waals surface area contributed by atoms with E-state index in [4.69, 9.17) is 23.2 Å². The van der Waals surface area contributed by atoms with E-state index in [-0.39, 0.29) is 22.3 Å². The lowest BCUT2D eigenvalue weighted by Gasteiger charge is -2.34. The lowest BCUT2D eigenvalue weighted by atomic mass is 10.0. The van der Waals surface area contributed by atoms with Gasteiger partial charge in [0.25, 0.3) is 5.91 Å². The fourth-order valence-corrected chi connectivity index (χ4v) is 4.10. The maximum atomic E-state index is 14.6. The van der Waals surface area contributed by atoms with Gasteiger partial charge in [0.1, 0.15) is 16.7 Å². The molecule has 27 heavy (non-hydrogen) atoms. The zero-order chi connectivity index (χ0) is 19.7. The van der Waals surface area contributed by atoms with Gasteiger partial charge in [-0.25, -0.2) is 14.2 Å². The third kappa shape index (κ3) is 4.04. The number of aryl methyl sites for hydroxylation is 1. The van der Waals surface area contributed by atoms with E-state index in [1.54, 1.807) is 11.8 Å². The zero-order valence-corrected chi connectivity index (χ0v) is 16.8. The Hall–Kier alpha value is -1.84. The summed E-state index contributed by atoms with van der Waals surface area (Å²) < 4.78 is 19.3. The number of hydrogen-bond acceptors (Lipinski definition) is 6. The molecule has 2 aromatic rings. The van der Waals surface area contributed by atoms with Gasteiger partial charge in [0.2, 0.25) is 0 Å². The number of aromatic amines is 1. The molecule has 2 N–H and O–H groups in total. The quantitative estimate of drug-likeness (QED) is 0.721. The SMILES string of the molecule is COC(=O)c1cnc(N2CC[C@H](NC(=O)c3[nH]c(C)c(Cl)c3Cl)[C@@H](F)C2)s1. The number of thiazole rings is 1. The lowest BCUT2D eigenvalue weighted by molar-refractivity contribution is 0.0606. The summed E-state index contributed by atoms with van der Waals surface area (Å²) in [6, 6.07) is -0.660. The Morgan fingerprint density at radius 1 is 1.44 bits per heavy atom. The maximum absolute atomic E-state index is 14.6. The minimum Gasteiger partial charge on any atom is -0.465 e. The molecule has 1 aliphatic rings. The molecule has 0 saturated carbocycles. The molecule has 2 atom stereocenters. The second-order valence-corrected chi connectivity index (χ2v) is 7.85. The van der Waals surface area contributed by atoms with Gasteiger partial charge in [0, 0.05) is 12.2 Å². The molecule has 1 aliphatic heterocycles. The number of esters is 1. The van der Waals surface area contributed by atoms with Crippen LogP contribution in [-0.4, -0.2) is 54.3 Å². The summed E-state index contributed by atoms with van der Waals surface area (Å²) in [6.07, 6.45) is 0.482. The van der Waals surface area contributed by atoms with Gasteiger partial charge in [-0.2, -0.15) is 0 Å². The molecular formula is C16H17Cl2FN4O3S. The van der Waals surface area contributed by atoms with Crippen LogP contribution in [0.15, 0.2) is 6.20 Å². The molecule has 2 aromatic heterocycles. The molecule has 0 bridgehead atoms. The highest BCUT2D eigenvalue weighted by molar-refractivity contribution is 7.17. The minimum absolute atomic E-state index is 0.0529. The third-order valence-electron chi connectivity index (χ3n) is 4.29. The molecule has 0 aromatic carbocycles. The fraction of sp³-hybridized carbons (Fsp3) is 0.438. The number of hydrogen-bond donors (Lipinski definition) is 2. The number of aromatic nitrogens is 2. The average Bonchev–Trinajstić information content (AvgIpc) is 3.24. The molecule has 146 valence electrons. The van der Waals surface area contributed by atoms with Gasteiger partial charge in [-0.05, 0) is 13.3 Å². The monoisotopic (exact) mass is 434 g/mol. The van der Waals surface area contributed by atoms with Crippen molar-refractivity contribution in [1.29, 1.82) is 0 Å². The van der Waals surface area contributed by atoms with Crippen molar-refractivity contribution < 1.29 is 18.7 Å². The highest BCUT2D eigenvalue weighted by Crippen LogP contribution is 2.30. The normalized spacial score (nSPS) is 19.8. The molecular weight excluding hydrogens is 418 g/mol. The number of methoxy groups -OCH3 is 1. The summed E-state index contributed by atoms with van der Waals surface area (Å²) in [5.74, 6) is -0.979. The third-order valence-corrected chi connectivity index (χ3v) is 6.27. The van der Waals surface area contributed by atoms with Gasteiger partial charge in [0.05, 0.1) is 35.9 Å². The first-order valence-electron chi connectivity index (χ1n) is 8.09. The maximum Gasteiger partial charge on any atom is 0.349 e. The number of amides is 1. The molecule has 0 radical (unpaired) electrons. The zero-order valence-electron chi connectivity index (χ0n) is 14.5. The van der Waals surface area contributed by atoms with Crippen LogP contribution in [0.4, 0.5) is 9.52 Å². The van der Waals surface area contributed by atoms with Crippen LogP contribution in [0, 0.1) is 6.92 Å². The molecule has 0 unspecified atom stereocenters. The molecule has 1 fully saturated rings. The number of rotatable bonds is 4. The fourth-order valence-electron chi connectivity index (χ4n) is 2.82. The number of carbonyl (C=O) groups is 2. The van der Waals surface area contributed by atoms with Crippen molar-refractivity contribution in [2.75, 3.05) is 25.1 Å². The van der Waals surface area contributed by atoms with Crippen LogP contribution in [-0.2, 0) is 4.74 Å². The number of anilines is 1. The number of halogens is 3. The standard InChI is InChI=1S/C16H17Cl2FN4O3S/c1-7-11(17)12(18)13(21-7)14(24)22-9-3-4-23(6-8(9)19)16-20-5-10(27-16)15(25)26-2/h5,8-9,21H,3-4,6H2,1-2H3,(H,22,24)/t8-,9-/m0/s1. The van der Waals surface area contributed by atoms with Gasteiger partial charge in [0.15, 0.2) is 5.13 Å². The second kappa shape index (κ2) is 8.04. The number of H-pyrrole nitrogens is 1. The Balaban J connectivity index is 1.63. The van der Waals surface area contributed by atoms with Crippen molar-refractivity contribution >= 4 is 51.5 Å². The van der Waals surface area contributed by atoms with E-state index in [2.05, 4.69) is 20.0 Å².